The second-order valence-electron chi connectivity index (χ2n) is 8.14. The zero-order valence-electron chi connectivity index (χ0n) is 20.3. The third kappa shape index (κ3) is 15.1. The Morgan fingerprint density at radius 3 is 2.61 bits per heavy atom. The molecule has 1 rings (SSSR count). The predicted molar refractivity (Wildman–Crippen MR) is 129 cm³/mol. The highest BCUT2D eigenvalue weighted by Crippen LogP contribution is 2.13. The van der Waals surface area contributed by atoms with Crippen LogP contribution >= 0.6 is 0 Å². The molecule has 1 aromatic rings. The maximum absolute atomic E-state index is 12.2. The molecule has 0 radical (unpaired) electrons. The Morgan fingerprint density at radius 2 is 1.88 bits per heavy atom. The zero-order valence-corrected chi connectivity index (χ0v) is 20.3. The maximum Gasteiger partial charge on any atom is 0.251 e. The van der Waals surface area contributed by atoms with Crippen LogP contribution in [0.25, 0.3) is 0 Å². The Bertz CT molecular complexity index is 725. The first kappa shape index (κ1) is 28.6. The predicted octanol–water partition coefficient (Wildman–Crippen LogP) is 1.44. The van der Waals surface area contributed by atoms with Crippen LogP contribution in [0.15, 0.2) is 36.4 Å². The van der Waals surface area contributed by atoms with Crippen LogP contribution in [0.2, 0.25) is 0 Å². The van der Waals surface area contributed by atoms with Gasteiger partial charge in [0.1, 0.15) is 25.2 Å². The van der Waals surface area contributed by atoms with Gasteiger partial charge in [-0.3, -0.25) is 9.59 Å². The van der Waals surface area contributed by atoms with E-state index < -0.39 is 6.23 Å². The van der Waals surface area contributed by atoms with Gasteiger partial charge in [0.15, 0.2) is 0 Å². The number of nitrogens with two attached hydrogens (primary N) is 1. The van der Waals surface area contributed by atoms with Gasteiger partial charge in [0.2, 0.25) is 5.91 Å². The van der Waals surface area contributed by atoms with Crippen LogP contribution in [0.4, 0.5) is 0 Å². The van der Waals surface area contributed by atoms with Crippen molar-refractivity contribution in [2.45, 2.75) is 40.0 Å². The molecule has 0 spiro atoms. The summed E-state index contributed by atoms with van der Waals surface area (Å²) in [4.78, 5) is 23.9. The first-order valence-corrected chi connectivity index (χ1v) is 11.4. The molecule has 0 aliphatic heterocycles. The summed E-state index contributed by atoms with van der Waals surface area (Å²) in [5, 5.41) is 8.84. The minimum atomic E-state index is -0.664. The maximum atomic E-state index is 12.2. The van der Waals surface area contributed by atoms with E-state index in [0.717, 1.165) is 0 Å². The number of hydrogen-bond donors (Lipinski definition) is 4. The monoisotopic (exact) mass is 464 g/mol. The van der Waals surface area contributed by atoms with Gasteiger partial charge in [-0.1, -0.05) is 45.9 Å². The van der Waals surface area contributed by atoms with E-state index in [4.69, 9.17) is 19.9 Å². The highest BCUT2D eigenvalue weighted by molar-refractivity contribution is 5.94. The molecule has 2 amide bonds. The van der Waals surface area contributed by atoms with E-state index >= 15 is 0 Å². The largest absolute Gasteiger partial charge is 0.489 e. The first-order valence-electron chi connectivity index (χ1n) is 11.4. The third-order valence-electron chi connectivity index (χ3n) is 4.20. The van der Waals surface area contributed by atoms with E-state index in [0.29, 0.717) is 42.9 Å². The quantitative estimate of drug-likeness (QED) is 0.156. The van der Waals surface area contributed by atoms with E-state index in [9.17, 15) is 9.59 Å². The molecule has 0 bridgehead atoms. The minimum Gasteiger partial charge on any atom is -0.489 e. The molecule has 1 aromatic carbocycles. The van der Waals surface area contributed by atoms with E-state index in [1.165, 1.54) is 0 Å². The van der Waals surface area contributed by atoms with Crippen molar-refractivity contribution in [2.75, 3.05) is 46.1 Å². The number of allylic oxidation sites excluding steroid dienone is 1. The van der Waals surface area contributed by atoms with Crippen LogP contribution in [-0.2, 0) is 14.3 Å². The smallest absolute Gasteiger partial charge is 0.251 e. The Labute approximate surface area is 197 Å². The van der Waals surface area contributed by atoms with Crippen molar-refractivity contribution >= 4 is 11.8 Å². The second-order valence-corrected chi connectivity index (χ2v) is 8.14. The molecular weight excluding hydrogens is 424 g/mol. The van der Waals surface area contributed by atoms with Gasteiger partial charge in [-0.25, -0.2) is 0 Å². The van der Waals surface area contributed by atoms with E-state index in [-0.39, 0.29) is 38.2 Å². The highest BCUT2D eigenvalue weighted by Gasteiger charge is 2.09. The number of ether oxygens (including phenoxy) is 3. The molecule has 33 heavy (non-hydrogen) atoms. The summed E-state index contributed by atoms with van der Waals surface area (Å²) in [5.74, 6) is 0.635. The molecule has 186 valence electrons. The fraction of sp³-hybridized carbons (Fsp3) is 0.583. The number of carbonyl (C=O) groups is 2. The minimum absolute atomic E-state index is 0.0347. The normalized spacial score (nSPS) is 12.3. The van der Waals surface area contributed by atoms with Crippen molar-refractivity contribution in [1.82, 2.24) is 16.0 Å². The van der Waals surface area contributed by atoms with Crippen LogP contribution in [0, 0.1) is 5.92 Å². The van der Waals surface area contributed by atoms with Gasteiger partial charge in [0.25, 0.3) is 5.91 Å². The molecule has 0 fully saturated rings. The van der Waals surface area contributed by atoms with E-state index in [1.807, 2.05) is 12.2 Å². The number of benzene rings is 1. The van der Waals surface area contributed by atoms with Crippen molar-refractivity contribution in [3.8, 4) is 5.75 Å². The summed E-state index contributed by atoms with van der Waals surface area (Å²) in [5.41, 5.74) is 6.41. The lowest BCUT2D eigenvalue weighted by Crippen LogP contribution is -2.34. The van der Waals surface area contributed by atoms with Crippen LogP contribution in [0.1, 0.15) is 38.1 Å². The standard InChI is InChI=1S/C24H40N4O5/c1-18(2)7-6-10-27-23(29)17-31-13-14-32-22(25)16-33-21-9-5-8-20(15-21)24(30)28-12-11-26-19(3)4/h5-9,15,18-19,22,26H,10-14,16-17,25H2,1-4H3,(H,27,29)(H,28,30)/b7-6+. The Morgan fingerprint density at radius 1 is 1.09 bits per heavy atom. The van der Waals surface area contributed by atoms with Crippen molar-refractivity contribution < 1.29 is 23.8 Å². The summed E-state index contributed by atoms with van der Waals surface area (Å²) in [7, 11) is 0. The highest BCUT2D eigenvalue weighted by atomic mass is 16.6. The van der Waals surface area contributed by atoms with Crippen LogP contribution < -0.4 is 26.4 Å². The van der Waals surface area contributed by atoms with Gasteiger partial charge in [0, 0.05) is 31.2 Å². The lowest BCUT2D eigenvalue weighted by Gasteiger charge is -2.15. The fourth-order valence-electron chi connectivity index (χ4n) is 2.58. The van der Waals surface area contributed by atoms with Gasteiger partial charge in [-0.15, -0.1) is 0 Å². The summed E-state index contributed by atoms with van der Waals surface area (Å²) < 4.78 is 16.3. The third-order valence-corrected chi connectivity index (χ3v) is 4.20. The van der Waals surface area contributed by atoms with Gasteiger partial charge >= 0.3 is 0 Å². The van der Waals surface area contributed by atoms with Crippen LogP contribution in [0.5, 0.6) is 5.75 Å². The molecule has 1 unspecified atom stereocenters. The SMILES string of the molecule is CC(C)/C=C/CNC(=O)COCCOC(N)COc1cccc(C(=O)NCCNC(C)C)c1. The van der Waals surface area contributed by atoms with Gasteiger partial charge in [-0.05, 0) is 24.1 Å². The molecule has 0 saturated heterocycles. The van der Waals surface area contributed by atoms with Gasteiger partial charge in [-0.2, -0.15) is 0 Å². The Hall–Kier alpha value is -2.46. The summed E-state index contributed by atoms with van der Waals surface area (Å²) >= 11 is 0. The molecule has 0 aromatic heterocycles. The molecule has 1 atom stereocenters. The number of nitrogens with one attached hydrogen (secondary N) is 3. The molecule has 0 heterocycles. The number of hydrogen-bond acceptors (Lipinski definition) is 7. The molecule has 0 aliphatic carbocycles. The molecule has 9 nitrogen and oxygen atoms in total. The van der Waals surface area contributed by atoms with Crippen molar-refractivity contribution in [3.05, 3.63) is 42.0 Å². The lowest BCUT2D eigenvalue weighted by atomic mass is 10.2. The summed E-state index contributed by atoms with van der Waals surface area (Å²) in [6.45, 7) is 10.5. The van der Waals surface area contributed by atoms with Crippen molar-refractivity contribution in [2.24, 2.45) is 11.7 Å². The lowest BCUT2D eigenvalue weighted by molar-refractivity contribution is -0.126. The van der Waals surface area contributed by atoms with Crippen molar-refractivity contribution in [3.63, 3.8) is 0 Å². The van der Waals surface area contributed by atoms with Gasteiger partial charge in [0.05, 0.1) is 13.2 Å². The van der Waals surface area contributed by atoms with Crippen LogP contribution in [0.3, 0.4) is 0 Å². The number of rotatable bonds is 17. The molecular formula is C24H40N4O5. The first-order chi connectivity index (χ1) is 15.8. The average molecular weight is 465 g/mol. The molecule has 9 heteroatoms. The second kappa shape index (κ2) is 17.1. The van der Waals surface area contributed by atoms with Gasteiger partial charge < -0.3 is 35.9 Å². The summed E-state index contributed by atoms with van der Waals surface area (Å²) in [6, 6.07) is 7.26. The van der Waals surface area contributed by atoms with E-state index in [2.05, 4.69) is 43.6 Å². The zero-order chi connectivity index (χ0) is 24.5. The molecule has 0 saturated carbocycles. The van der Waals surface area contributed by atoms with E-state index in [1.54, 1.807) is 24.3 Å². The Balaban J connectivity index is 2.19. The number of amides is 2. The number of carbonyl (C=O) groups excluding carboxylic acids is 2. The summed E-state index contributed by atoms with van der Waals surface area (Å²) in [6.07, 6.45) is 3.28. The molecule has 0 aliphatic rings. The fourth-order valence-corrected chi connectivity index (χ4v) is 2.58. The van der Waals surface area contributed by atoms with Crippen molar-refractivity contribution in [1.29, 1.82) is 0 Å². The topological polar surface area (TPSA) is 124 Å². The average Bonchev–Trinajstić information content (AvgIpc) is 2.77. The van der Waals surface area contributed by atoms with Crippen LogP contribution in [-0.4, -0.2) is 70.1 Å². The Kier molecular flexibility index (Phi) is 14.8. The molecule has 5 N–H and O–H groups in total.